The molecule has 3 fully saturated rings. The van der Waals surface area contributed by atoms with Gasteiger partial charge in [0, 0.05) is 56.5 Å². The van der Waals surface area contributed by atoms with Gasteiger partial charge in [-0.05, 0) is 32.1 Å². The van der Waals surface area contributed by atoms with Crippen molar-refractivity contribution < 1.29 is 9.53 Å². The highest BCUT2D eigenvalue weighted by Gasteiger charge is 2.46. The predicted octanol–water partition coefficient (Wildman–Crippen LogP) is 2.01. The van der Waals surface area contributed by atoms with Gasteiger partial charge in [-0.3, -0.25) is 14.8 Å². The van der Waals surface area contributed by atoms with E-state index in [0.29, 0.717) is 11.5 Å². The summed E-state index contributed by atoms with van der Waals surface area (Å²) in [5.74, 6) is 0.530. The van der Waals surface area contributed by atoms with Crippen molar-refractivity contribution in [2.24, 2.45) is 5.41 Å². The van der Waals surface area contributed by atoms with Crippen molar-refractivity contribution in [3.8, 4) is 0 Å². The number of amides is 1. The van der Waals surface area contributed by atoms with E-state index < -0.39 is 0 Å². The highest BCUT2D eigenvalue weighted by Crippen LogP contribution is 2.42. The average Bonchev–Trinajstić information content (AvgIpc) is 2.70. The lowest BCUT2D eigenvalue weighted by Crippen LogP contribution is -2.60. The third-order valence-corrected chi connectivity index (χ3v) is 6.40. The number of nitrogens with one attached hydrogen (secondary N) is 1. The van der Waals surface area contributed by atoms with Crippen LogP contribution in [0.5, 0.6) is 0 Å². The SMILES string of the molecule is O=C(c1cnc(NC2(c3cnccn3)CCC2)nc1)N1CC2(CCOCC2)C1. The van der Waals surface area contributed by atoms with E-state index in [1.807, 2.05) is 4.90 Å². The van der Waals surface area contributed by atoms with Gasteiger partial charge in [0.25, 0.3) is 5.91 Å². The second-order valence-electron chi connectivity index (χ2n) is 8.22. The second kappa shape index (κ2) is 6.77. The molecule has 146 valence electrons. The molecular weight excluding hydrogens is 356 g/mol. The van der Waals surface area contributed by atoms with Crippen molar-refractivity contribution in [2.45, 2.75) is 37.6 Å². The van der Waals surface area contributed by atoms with Crippen molar-refractivity contribution >= 4 is 11.9 Å². The summed E-state index contributed by atoms with van der Waals surface area (Å²) in [6.45, 7) is 3.23. The molecule has 1 saturated carbocycles. The van der Waals surface area contributed by atoms with Crippen LogP contribution in [0.25, 0.3) is 0 Å². The van der Waals surface area contributed by atoms with Crippen LogP contribution < -0.4 is 5.32 Å². The Morgan fingerprint density at radius 3 is 2.36 bits per heavy atom. The molecule has 0 radical (unpaired) electrons. The van der Waals surface area contributed by atoms with E-state index in [-0.39, 0.29) is 16.9 Å². The Bertz CT molecular complexity index is 839. The fourth-order valence-electron chi connectivity index (χ4n) is 4.45. The van der Waals surface area contributed by atoms with Gasteiger partial charge in [-0.25, -0.2) is 9.97 Å². The molecule has 2 aromatic rings. The Morgan fingerprint density at radius 2 is 1.75 bits per heavy atom. The summed E-state index contributed by atoms with van der Waals surface area (Å²) in [5, 5.41) is 3.41. The lowest BCUT2D eigenvalue weighted by atomic mass is 9.73. The summed E-state index contributed by atoms with van der Waals surface area (Å²) in [5.41, 5.74) is 1.46. The number of aromatic nitrogens is 4. The number of rotatable bonds is 4. The monoisotopic (exact) mass is 380 g/mol. The van der Waals surface area contributed by atoms with Gasteiger partial charge in [0.2, 0.25) is 5.95 Å². The van der Waals surface area contributed by atoms with Gasteiger partial charge in [-0.15, -0.1) is 0 Å². The molecule has 5 rings (SSSR count). The lowest BCUT2D eigenvalue weighted by Gasteiger charge is -2.52. The lowest BCUT2D eigenvalue weighted by molar-refractivity contribution is -0.0666. The summed E-state index contributed by atoms with van der Waals surface area (Å²) in [6.07, 6.45) is 13.6. The highest BCUT2D eigenvalue weighted by atomic mass is 16.5. The minimum absolute atomic E-state index is 0.0101. The average molecular weight is 380 g/mol. The standard InChI is InChI=1S/C20H24N6O2/c27-17(26-13-19(14-26)4-8-28-9-5-19)15-10-23-18(24-11-15)25-20(2-1-3-20)16-12-21-6-7-22-16/h6-7,10-12H,1-5,8-9,13-14H2,(H,23,24,25). The Morgan fingerprint density at radius 1 is 1.00 bits per heavy atom. The van der Waals surface area contributed by atoms with E-state index in [1.54, 1.807) is 31.0 Å². The van der Waals surface area contributed by atoms with Crippen molar-refractivity contribution in [1.82, 2.24) is 24.8 Å². The molecule has 4 heterocycles. The zero-order valence-corrected chi connectivity index (χ0v) is 15.8. The number of anilines is 1. The van der Waals surface area contributed by atoms with Gasteiger partial charge in [0.15, 0.2) is 0 Å². The molecule has 1 spiro atoms. The first-order valence-corrected chi connectivity index (χ1v) is 9.92. The summed E-state index contributed by atoms with van der Waals surface area (Å²) in [4.78, 5) is 32.0. The van der Waals surface area contributed by atoms with E-state index in [4.69, 9.17) is 4.74 Å². The number of carbonyl (C=O) groups excluding carboxylic acids is 1. The summed E-state index contributed by atoms with van der Waals surface area (Å²) >= 11 is 0. The van der Waals surface area contributed by atoms with Crippen LogP contribution in [0.15, 0.2) is 31.0 Å². The van der Waals surface area contributed by atoms with E-state index in [2.05, 4.69) is 25.3 Å². The molecule has 8 nitrogen and oxygen atoms in total. The van der Waals surface area contributed by atoms with Gasteiger partial charge in [0.05, 0.1) is 23.0 Å². The summed E-state index contributed by atoms with van der Waals surface area (Å²) < 4.78 is 5.44. The van der Waals surface area contributed by atoms with Gasteiger partial charge < -0.3 is 15.0 Å². The molecule has 2 aromatic heterocycles. The van der Waals surface area contributed by atoms with Crippen LogP contribution in [0.3, 0.4) is 0 Å². The smallest absolute Gasteiger partial charge is 0.257 e. The zero-order chi connectivity index (χ0) is 19.0. The molecule has 1 amide bonds. The third kappa shape index (κ3) is 3.01. The molecule has 1 N–H and O–H groups in total. The first-order valence-electron chi connectivity index (χ1n) is 9.92. The zero-order valence-electron chi connectivity index (χ0n) is 15.8. The van der Waals surface area contributed by atoms with Gasteiger partial charge in [0.1, 0.15) is 0 Å². The normalized spacial score (nSPS) is 22.2. The molecule has 0 aromatic carbocycles. The molecule has 0 unspecified atom stereocenters. The van der Waals surface area contributed by atoms with Crippen LogP contribution in [0, 0.1) is 5.41 Å². The molecule has 0 bridgehead atoms. The van der Waals surface area contributed by atoms with E-state index in [0.717, 1.165) is 64.1 Å². The first-order chi connectivity index (χ1) is 13.7. The number of hydrogen-bond donors (Lipinski definition) is 1. The van der Waals surface area contributed by atoms with Crippen molar-refractivity contribution in [3.05, 3.63) is 42.2 Å². The van der Waals surface area contributed by atoms with E-state index in [1.165, 1.54) is 0 Å². The van der Waals surface area contributed by atoms with Crippen molar-refractivity contribution in [1.29, 1.82) is 0 Å². The van der Waals surface area contributed by atoms with Gasteiger partial charge in [-0.1, -0.05) is 0 Å². The van der Waals surface area contributed by atoms with Crippen LogP contribution in [0.4, 0.5) is 5.95 Å². The van der Waals surface area contributed by atoms with Crippen LogP contribution in [-0.2, 0) is 10.3 Å². The molecule has 28 heavy (non-hydrogen) atoms. The first kappa shape index (κ1) is 17.5. The third-order valence-electron chi connectivity index (χ3n) is 6.40. The number of nitrogens with zero attached hydrogens (tertiary/aromatic N) is 5. The topological polar surface area (TPSA) is 93.1 Å². The molecule has 1 aliphatic carbocycles. The van der Waals surface area contributed by atoms with Crippen molar-refractivity contribution in [3.63, 3.8) is 0 Å². The largest absolute Gasteiger partial charge is 0.381 e. The maximum absolute atomic E-state index is 12.7. The Kier molecular flexibility index (Phi) is 4.23. The molecular formula is C20H24N6O2. The van der Waals surface area contributed by atoms with Gasteiger partial charge >= 0.3 is 0 Å². The van der Waals surface area contributed by atoms with Crippen LogP contribution in [0.1, 0.15) is 48.2 Å². The van der Waals surface area contributed by atoms with E-state index >= 15 is 0 Å². The van der Waals surface area contributed by atoms with Crippen LogP contribution in [-0.4, -0.2) is 57.0 Å². The minimum Gasteiger partial charge on any atom is -0.381 e. The second-order valence-corrected chi connectivity index (χ2v) is 8.22. The van der Waals surface area contributed by atoms with Crippen molar-refractivity contribution in [2.75, 3.05) is 31.6 Å². The minimum atomic E-state index is -0.257. The summed E-state index contributed by atoms with van der Waals surface area (Å²) in [7, 11) is 0. The highest BCUT2D eigenvalue weighted by molar-refractivity contribution is 5.94. The summed E-state index contributed by atoms with van der Waals surface area (Å²) in [6, 6.07) is 0. The Labute approximate surface area is 163 Å². The maximum atomic E-state index is 12.7. The fourth-order valence-corrected chi connectivity index (χ4v) is 4.45. The quantitative estimate of drug-likeness (QED) is 0.867. The number of carbonyl (C=O) groups is 1. The predicted molar refractivity (Wildman–Crippen MR) is 102 cm³/mol. The maximum Gasteiger partial charge on any atom is 0.257 e. The number of hydrogen-bond acceptors (Lipinski definition) is 7. The number of ether oxygens (including phenoxy) is 1. The Balaban J connectivity index is 1.24. The van der Waals surface area contributed by atoms with E-state index in [9.17, 15) is 4.79 Å². The van der Waals surface area contributed by atoms with Crippen LogP contribution in [0.2, 0.25) is 0 Å². The molecule has 8 heteroatoms. The molecule has 0 atom stereocenters. The van der Waals surface area contributed by atoms with Gasteiger partial charge in [-0.2, -0.15) is 0 Å². The number of likely N-dealkylation sites (tertiary alicyclic amines) is 1. The molecule has 2 saturated heterocycles. The fraction of sp³-hybridized carbons (Fsp3) is 0.550. The Hall–Kier alpha value is -2.61. The van der Waals surface area contributed by atoms with Crippen LogP contribution >= 0.6 is 0 Å². The molecule has 2 aliphatic heterocycles. The molecule has 3 aliphatic rings.